The molecule has 0 aliphatic rings. The minimum absolute atomic E-state index is 0.0409. The van der Waals surface area contributed by atoms with Crippen LogP contribution in [0, 0.1) is 6.92 Å². The van der Waals surface area contributed by atoms with Gasteiger partial charge in [0.1, 0.15) is 12.6 Å². The highest BCUT2D eigenvalue weighted by atomic mass is 79.9. The number of hydrogen-bond donors (Lipinski definition) is 1. The summed E-state index contributed by atoms with van der Waals surface area (Å²) in [4.78, 5) is 28.5. The van der Waals surface area contributed by atoms with Crippen LogP contribution >= 0.6 is 27.5 Å². The van der Waals surface area contributed by atoms with Gasteiger partial charge in [0.2, 0.25) is 11.8 Å². The molecular weight excluding hydrogens is 602 g/mol. The Bertz CT molecular complexity index is 1400. The van der Waals surface area contributed by atoms with Gasteiger partial charge < -0.3 is 10.2 Å². The average molecular weight is 635 g/mol. The van der Waals surface area contributed by atoms with E-state index in [0.29, 0.717) is 16.3 Å². The number of rotatable bonds is 11. The van der Waals surface area contributed by atoms with Crippen LogP contribution in [0.4, 0.5) is 5.69 Å². The van der Waals surface area contributed by atoms with E-state index in [9.17, 15) is 18.0 Å². The zero-order valence-corrected chi connectivity index (χ0v) is 25.6. The molecule has 0 saturated carbocycles. The van der Waals surface area contributed by atoms with E-state index in [1.54, 1.807) is 50.2 Å². The first-order valence-corrected chi connectivity index (χ1v) is 15.2. The van der Waals surface area contributed by atoms with E-state index in [4.69, 9.17) is 11.6 Å². The van der Waals surface area contributed by atoms with Gasteiger partial charge in [-0.3, -0.25) is 13.9 Å². The minimum atomic E-state index is -4.15. The summed E-state index contributed by atoms with van der Waals surface area (Å²) in [5, 5.41) is 3.30. The molecule has 39 heavy (non-hydrogen) atoms. The molecule has 0 saturated heterocycles. The summed E-state index contributed by atoms with van der Waals surface area (Å²) in [6.07, 6.45) is 0.732. The molecule has 2 amide bonds. The highest BCUT2D eigenvalue weighted by molar-refractivity contribution is 9.10. The molecule has 0 fully saturated rings. The second-order valence-corrected chi connectivity index (χ2v) is 12.5. The maximum absolute atomic E-state index is 14.0. The third-order valence-corrected chi connectivity index (χ3v) is 9.26. The van der Waals surface area contributed by atoms with E-state index < -0.39 is 28.5 Å². The Morgan fingerprint density at radius 1 is 0.974 bits per heavy atom. The summed E-state index contributed by atoms with van der Waals surface area (Å²) >= 11 is 9.77. The number of amides is 2. The highest BCUT2D eigenvalue weighted by Gasteiger charge is 2.33. The zero-order chi connectivity index (χ0) is 28.7. The molecule has 0 unspecified atom stereocenters. The summed E-state index contributed by atoms with van der Waals surface area (Å²) in [6.45, 7) is 6.80. The van der Waals surface area contributed by atoms with Crippen LogP contribution in [0.5, 0.6) is 0 Å². The van der Waals surface area contributed by atoms with Crippen molar-refractivity contribution in [3.63, 3.8) is 0 Å². The maximum atomic E-state index is 14.0. The van der Waals surface area contributed by atoms with Crippen LogP contribution in [0.15, 0.2) is 82.2 Å². The van der Waals surface area contributed by atoms with Crippen LogP contribution in [0.2, 0.25) is 5.02 Å². The number of halogens is 2. The maximum Gasteiger partial charge on any atom is 0.264 e. The van der Waals surface area contributed by atoms with Crippen molar-refractivity contribution in [1.29, 1.82) is 0 Å². The largest absolute Gasteiger partial charge is 0.352 e. The average Bonchev–Trinajstić information content (AvgIpc) is 2.92. The van der Waals surface area contributed by atoms with E-state index in [1.807, 2.05) is 38.1 Å². The fourth-order valence-electron chi connectivity index (χ4n) is 3.93. The molecule has 0 radical (unpaired) electrons. The minimum Gasteiger partial charge on any atom is -0.352 e. The smallest absolute Gasteiger partial charge is 0.264 e. The summed E-state index contributed by atoms with van der Waals surface area (Å²) < 4.78 is 29.7. The molecule has 2 atom stereocenters. The van der Waals surface area contributed by atoms with Gasteiger partial charge in [0.25, 0.3) is 10.0 Å². The van der Waals surface area contributed by atoms with Gasteiger partial charge in [-0.1, -0.05) is 70.9 Å². The molecule has 3 aromatic rings. The van der Waals surface area contributed by atoms with Crippen LogP contribution in [0.3, 0.4) is 0 Å². The fraction of sp³-hybridized carbons (Fsp3) is 0.310. The molecule has 208 valence electrons. The molecule has 3 rings (SSSR count). The Morgan fingerprint density at radius 3 is 2.23 bits per heavy atom. The summed E-state index contributed by atoms with van der Waals surface area (Å²) in [7, 11) is -4.15. The number of hydrogen-bond acceptors (Lipinski definition) is 4. The topological polar surface area (TPSA) is 86.8 Å². The van der Waals surface area contributed by atoms with Gasteiger partial charge in [-0.05, 0) is 74.7 Å². The van der Waals surface area contributed by atoms with E-state index >= 15 is 0 Å². The third-order valence-electron chi connectivity index (χ3n) is 6.55. The van der Waals surface area contributed by atoms with Crippen LogP contribution in [0.25, 0.3) is 0 Å². The zero-order valence-electron chi connectivity index (χ0n) is 22.4. The monoisotopic (exact) mass is 633 g/mol. The molecule has 0 aliphatic carbocycles. The molecule has 3 aromatic carbocycles. The van der Waals surface area contributed by atoms with Crippen LogP contribution < -0.4 is 9.62 Å². The lowest BCUT2D eigenvalue weighted by molar-refractivity contribution is -0.139. The Balaban J connectivity index is 2.05. The van der Waals surface area contributed by atoms with Crippen molar-refractivity contribution in [1.82, 2.24) is 10.2 Å². The summed E-state index contributed by atoms with van der Waals surface area (Å²) in [6, 6.07) is 19.3. The van der Waals surface area contributed by atoms with Crippen LogP contribution in [-0.2, 0) is 26.2 Å². The molecule has 0 aliphatic heterocycles. The fourth-order valence-corrected chi connectivity index (χ4v) is 5.86. The standard InChI is InChI=1S/C29H33BrClN3O4S/c1-5-20(2)32-29(36)22(4)33(18-23-14-16-24(30)17-15-23)28(35)19-34(27-13-9-12-26(31)21(27)3)39(37,38)25-10-7-6-8-11-25/h6-17,20,22H,5,18-19H2,1-4H3,(H,32,36)/t20-,22-/m0/s1. The van der Waals surface area contributed by atoms with Crippen molar-refractivity contribution < 1.29 is 18.0 Å². The van der Waals surface area contributed by atoms with E-state index in [-0.39, 0.29) is 23.4 Å². The van der Waals surface area contributed by atoms with Gasteiger partial charge in [0, 0.05) is 22.1 Å². The van der Waals surface area contributed by atoms with Gasteiger partial charge in [0.05, 0.1) is 10.6 Å². The van der Waals surface area contributed by atoms with E-state index in [0.717, 1.165) is 20.8 Å². The predicted molar refractivity (Wildman–Crippen MR) is 159 cm³/mol. The molecule has 10 heteroatoms. The van der Waals surface area contributed by atoms with E-state index in [2.05, 4.69) is 21.2 Å². The number of nitrogens with zero attached hydrogens (tertiary/aromatic N) is 2. The van der Waals surface area contributed by atoms with Crippen LogP contribution in [-0.4, -0.2) is 43.8 Å². The van der Waals surface area contributed by atoms with Gasteiger partial charge in [-0.2, -0.15) is 0 Å². The third kappa shape index (κ3) is 7.62. The number of carbonyl (C=O) groups excluding carboxylic acids is 2. The second-order valence-electron chi connectivity index (χ2n) is 9.35. The lowest BCUT2D eigenvalue weighted by Gasteiger charge is -2.33. The first-order valence-electron chi connectivity index (χ1n) is 12.6. The lowest BCUT2D eigenvalue weighted by Crippen LogP contribution is -2.52. The first-order chi connectivity index (χ1) is 18.4. The first kappa shape index (κ1) is 30.7. The number of anilines is 1. The quantitative estimate of drug-likeness (QED) is 0.283. The SMILES string of the molecule is CC[C@H](C)NC(=O)[C@H](C)N(Cc1ccc(Br)cc1)C(=O)CN(c1cccc(Cl)c1C)S(=O)(=O)c1ccccc1. The van der Waals surface area contributed by atoms with Gasteiger partial charge >= 0.3 is 0 Å². The molecular formula is C29H33BrClN3O4S. The van der Waals surface area contributed by atoms with Crippen molar-refractivity contribution in [3.8, 4) is 0 Å². The van der Waals surface area contributed by atoms with Gasteiger partial charge in [-0.15, -0.1) is 0 Å². The van der Waals surface area contributed by atoms with Crippen molar-refractivity contribution in [2.75, 3.05) is 10.8 Å². The highest BCUT2D eigenvalue weighted by Crippen LogP contribution is 2.31. The molecule has 1 N–H and O–H groups in total. The second kappa shape index (κ2) is 13.5. The molecule has 7 nitrogen and oxygen atoms in total. The number of carbonyl (C=O) groups is 2. The van der Waals surface area contributed by atoms with Crippen molar-refractivity contribution >= 4 is 55.1 Å². The lowest BCUT2D eigenvalue weighted by atomic mass is 10.1. The number of nitrogens with one attached hydrogen (secondary N) is 1. The Morgan fingerprint density at radius 2 is 1.62 bits per heavy atom. The van der Waals surface area contributed by atoms with E-state index in [1.165, 1.54) is 17.0 Å². The number of sulfonamides is 1. The molecule has 0 bridgehead atoms. The number of benzene rings is 3. The van der Waals surface area contributed by atoms with Gasteiger partial charge in [0.15, 0.2) is 0 Å². The normalized spacial score (nSPS) is 12.9. The summed E-state index contributed by atoms with van der Waals surface area (Å²) in [5.41, 5.74) is 1.61. The predicted octanol–water partition coefficient (Wildman–Crippen LogP) is 5.94. The Hall–Kier alpha value is -2.88. The molecule has 0 aromatic heterocycles. The molecule has 0 spiro atoms. The van der Waals surface area contributed by atoms with Gasteiger partial charge in [-0.25, -0.2) is 8.42 Å². The van der Waals surface area contributed by atoms with Crippen molar-refractivity contribution in [2.45, 2.75) is 57.6 Å². The summed E-state index contributed by atoms with van der Waals surface area (Å²) in [5.74, 6) is -0.838. The molecule has 0 heterocycles. The Labute approximate surface area is 244 Å². The van der Waals surface area contributed by atoms with Crippen LogP contribution in [0.1, 0.15) is 38.3 Å². The van der Waals surface area contributed by atoms with Crippen molar-refractivity contribution in [2.24, 2.45) is 0 Å². The van der Waals surface area contributed by atoms with Crippen molar-refractivity contribution in [3.05, 3.63) is 93.4 Å². The Kier molecular flexibility index (Phi) is 10.6.